The molecule has 2 aromatic carbocycles. The van der Waals surface area contributed by atoms with E-state index in [-0.39, 0.29) is 22.4 Å². The smallest absolute Gasteiger partial charge is 0.222 e. The number of aromatic hydroxyl groups is 1. The number of benzene rings is 2. The normalized spacial score (nSPS) is 15.1. The Morgan fingerprint density at radius 1 is 0.786 bits per heavy atom. The first kappa shape index (κ1) is 20.0. The van der Waals surface area contributed by atoms with Crippen molar-refractivity contribution in [3.63, 3.8) is 0 Å². The van der Waals surface area contributed by atoms with Crippen LogP contribution in [0.4, 0.5) is 4.39 Å². The van der Waals surface area contributed by atoms with Crippen LogP contribution < -0.4 is 0 Å². The summed E-state index contributed by atoms with van der Waals surface area (Å²) in [6.07, 6.45) is 0. The maximum atomic E-state index is 15.1. The van der Waals surface area contributed by atoms with Gasteiger partial charge in [-0.15, -0.1) is 0 Å². The number of rotatable bonds is 1. The van der Waals surface area contributed by atoms with Crippen molar-refractivity contribution in [1.82, 2.24) is 0 Å². The number of allylic oxidation sites excluding steroid dienone is 2. The van der Waals surface area contributed by atoms with Crippen molar-refractivity contribution in [2.75, 3.05) is 0 Å². The van der Waals surface area contributed by atoms with Crippen molar-refractivity contribution >= 4 is 17.1 Å². The molecule has 4 heteroatoms. The van der Waals surface area contributed by atoms with E-state index in [1.54, 1.807) is 24.3 Å². The first-order valence-electron chi connectivity index (χ1n) is 9.30. The zero-order valence-corrected chi connectivity index (χ0v) is 17.1. The fourth-order valence-electron chi connectivity index (χ4n) is 3.53. The van der Waals surface area contributed by atoms with Crippen LogP contribution in [0.15, 0.2) is 42.2 Å². The molecule has 0 unspecified atom stereocenters. The minimum absolute atomic E-state index is 0.0830. The number of Topliss-reactive ketones (excluding diaryl/α,β-unsaturated/α-hetero) is 2. The number of hydrogen-bond acceptors (Lipinski definition) is 3. The van der Waals surface area contributed by atoms with Gasteiger partial charge in [-0.2, -0.15) is 0 Å². The van der Waals surface area contributed by atoms with Crippen LogP contribution in [0.5, 0.6) is 5.75 Å². The summed E-state index contributed by atoms with van der Waals surface area (Å²) in [5, 5.41) is 10.9. The van der Waals surface area contributed by atoms with E-state index in [0.717, 1.165) is 0 Å². The molecule has 0 aromatic heterocycles. The minimum atomic E-state index is -1.05. The van der Waals surface area contributed by atoms with Gasteiger partial charge >= 0.3 is 0 Å². The number of phenols is 1. The Labute approximate surface area is 164 Å². The van der Waals surface area contributed by atoms with Gasteiger partial charge in [0.25, 0.3) is 0 Å². The van der Waals surface area contributed by atoms with Gasteiger partial charge < -0.3 is 5.11 Å². The number of phenolic OH excluding ortho intramolecular Hbond substituents is 1. The molecule has 0 bridgehead atoms. The Kier molecular flexibility index (Phi) is 4.57. The molecule has 28 heavy (non-hydrogen) atoms. The Balaban J connectivity index is 2.34. The average molecular weight is 380 g/mol. The van der Waals surface area contributed by atoms with Crippen LogP contribution in [0.25, 0.3) is 5.57 Å². The molecule has 0 heterocycles. The lowest BCUT2D eigenvalue weighted by Gasteiger charge is -2.29. The molecule has 1 N–H and O–H groups in total. The minimum Gasteiger partial charge on any atom is -0.507 e. The zero-order chi connectivity index (χ0) is 21.0. The van der Waals surface area contributed by atoms with E-state index in [1.807, 2.05) is 41.5 Å². The van der Waals surface area contributed by atoms with E-state index in [9.17, 15) is 14.7 Å². The van der Waals surface area contributed by atoms with Gasteiger partial charge in [-0.1, -0.05) is 65.8 Å². The molecule has 0 fully saturated rings. The van der Waals surface area contributed by atoms with Crippen molar-refractivity contribution < 1.29 is 19.1 Å². The van der Waals surface area contributed by atoms with Crippen molar-refractivity contribution in [2.45, 2.75) is 52.4 Å². The Hall–Kier alpha value is -2.75. The predicted octanol–water partition coefficient (Wildman–Crippen LogP) is 5.75. The highest BCUT2D eigenvalue weighted by Crippen LogP contribution is 2.43. The third-order valence-corrected chi connectivity index (χ3v) is 5.08. The number of fused-ring (bicyclic) bond motifs is 1. The monoisotopic (exact) mass is 380 g/mol. The standard InChI is InChI=1S/C24H25FO3/c1-23(2,3)16-11-13(12-17(22(16)28)24(4,5)6)18-19(25)21(27)15-10-8-7-9-14(15)20(18)26/h7-12,28H,1-6H3. The molecule has 0 saturated carbocycles. The lowest BCUT2D eigenvalue weighted by molar-refractivity contribution is 0.0970. The zero-order valence-electron chi connectivity index (χ0n) is 17.1. The predicted molar refractivity (Wildman–Crippen MR) is 109 cm³/mol. The number of ketones is 2. The molecule has 0 saturated heterocycles. The molecule has 0 amide bonds. The second kappa shape index (κ2) is 6.40. The van der Waals surface area contributed by atoms with Gasteiger partial charge in [0.15, 0.2) is 11.6 Å². The van der Waals surface area contributed by atoms with E-state index in [2.05, 4.69) is 0 Å². The van der Waals surface area contributed by atoms with Crippen LogP contribution in [0.3, 0.4) is 0 Å². The second-order valence-corrected chi connectivity index (χ2v) is 9.31. The van der Waals surface area contributed by atoms with Gasteiger partial charge in [0.2, 0.25) is 5.78 Å². The maximum absolute atomic E-state index is 15.1. The van der Waals surface area contributed by atoms with Crippen molar-refractivity contribution in [2.24, 2.45) is 0 Å². The summed E-state index contributed by atoms with van der Waals surface area (Å²) in [7, 11) is 0. The first-order chi connectivity index (χ1) is 12.8. The highest BCUT2D eigenvalue weighted by Gasteiger charge is 2.35. The van der Waals surface area contributed by atoms with Gasteiger partial charge in [0, 0.05) is 22.3 Å². The van der Waals surface area contributed by atoms with E-state index in [4.69, 9.17) is 0 Å². The number of carbonyl (C=O) groups excluding carboxylic acids is 2. The first-order valence-corrected chi connectivity index (χ1v) is 9.30. The Morgan fingerprint density at radius 2 is 1.21 bits per heavy atom. The molecule has 1 aliphatic rings. The molecule has 146 valence electrons. The maximum Gasteiger partial charge on any atom is 0.222 e. The third-order valence-electron chi connectivity index (χ3n) is 5.08. The molecule has 0 spiro atoms. The largest absolute Gasteiger partial charge is 0.507 e. The number of carbonyl (C=O) groups is 2. The average Bonchev–Trinajstić information content (AvgIpc) is 2.59. The lowest BCUT2D eigenvalue weighted by Crippen LogP contribution is -2.22. The summed E-state index contributed by atoms with van der Waals surface area (Å²) in [4.78, 5) is 25.6. The number of halogens is 1. The van der Waals surface area contributed by atoms with Crippen LogP contribution in [-0.4, -0.2) is 16.7 Å². The summed E-state index contributed by atoms with van der Waals surface area (Å²) in [5.74, 6) is -2.21. The number of hydrogen-bond donors (Lipinski definition) is 1. The van der Waals surface area contributed by atoms with Crippen molar-refractivity contribution in [3.05, 3.63) is 70.0 Å². The van der Waals surface area contributed by atoms with Gasteiger partial charge in [-0.05, 0) is 28.5 Å². The highest BCUT2D eigenvalue weighted by molar-refractivity contribution is 6.40. The fraction of sp³-hybridized carbons (Fsp3) is 0.333. The fourth-order valence-corrected chi connectivity index (χ4v) is 3.53. The summed E-state index contributed by atoms with van der Waals surface area (Å²) in [5.41, 5.74) is 0.709. The molecule has 0 radical (unpaired) electrons. The van der Waals surface area contributed by atoms with Gasteiger partial charge in [0.05, 0.1) is 5.57 Å². The molecule has 0 atom stereocenters. The van der Waals surface area contributed by atoms with E-state index in [1.165, 1.54) is 12.1 Å². The van der Waals surface area contributed by atoms with Crippen molar-refractivity contribution in [3.8, 4) is 5.75 Å². The van der Waals surface area contributed by atoms with Crippen LogP contribution >= 0.6 is 0 Å². The van der Waals surface area contributed by atoms with Crippen LogP contribution in [0, 0.1) is 0 Å². The van der Waals surface area contributed by atoms with E-state index in [0.29, 0.717) is 16.7 Å². The van der Waals surface area contributed by atoms with Crippen LogP contribution in [-0.2, 0) is 10.8 Å². The molecule has 3 nitrogen and oxygen atoms in total. The molecule has 0 aliphatic heterocycles. The SMILES string of the molecule is CC(C)(C)c1cc(C2=C(F)C(=O)c3ccccc3C2=O)cc(C(C)(C)C)c1O. The summed E-state index contributed by atoms with van der Waals surface area (Å²) in [6.45, 7) is 11.6. The summed E-state index contributed by atoms with van der Waals surface area (Å²) in [6, 6.07) is 9.51. The van der Waals surface area contributed by atoms with Gasteiger partial charge in [-0.3, -0.25) is 9.59 Å². The molecule has 3 rings (SSSR count). The highest BCUT2D eigenvalue weighted by atomic mass is 19.1. The van der Waals surface area contributed by atoms with Crippen molar-refractivity contribution in [1.29, 1.82) is 0 Å². The molecular formula is C24H25FO3. The topological polar surface area (TPSA) is 54.4 Å². The molecule has 1 aliphatic carbocycles. The lowest BCUT2D eigenvalue weighted by atomic mass is 9.76. The molecule has 2 aromatic rings. The van der Waals surface area contributed by atoms with Crippen LogP contribution in [0.1, 0.15) is 78.9 Å². The molecular weight excluding hydrogens is 355 g/mol. The van der Waals surface area contributed by atoms with Crippen LogP contribution in [0.2, 0.25) is 0 Å². The third kappa shape index (κ3) is 3.17. The summed E-state index contributed by atoms with van der Waals surface area (Å²) >= 11 is 0. The second-order valence-electron chi connectivity index (χ2n) is 9.31. The Morgan fingerprint density at radius 3 is 1.64 bits per heavy atom. The van der Waals surface area contributed by atoms with Gasteiger partial charge in [0.1, 0.15) is 5.75 Å². The van der Waals surface area contributed by atoms with E-state index < -0.39 is 28.2 Å². The quantitative estimate of drug-likeness (QED) is 0.686. The van der Waals surface area contributed by atoms with Gasteiger partial charge in [-0.25, -0.2) is 4.39 Å². The summed E-state index contributed by atoms with van der Waals surface area (Å²) < 4.78 is 15.1. The van der Waals surface area contributed by atoms with E-state index >= 15 is 4.39 Å². The Bertz CT molecular complexity index is 996.